The number of methoxy groups -OCH3 is 2. The van der Waals surface area contributed by atoms with Crippen LogP contribution in [0.1, 0.15) is 23.2 Å². The van der Waals surface area contributed by atoms with Gasteiger partial charge in [0.1, 0.15) is 17.2 Å². The van der Waals surface area contributed by atoms with Crippen molar-refractivity contribution in [2.45, 2.75) is 12.8 Å². The van der Waals surface area contributed by atoms with E-state index in [0.29, 0.717) is 52.7 Å². The summed E-state index contributed by atoms with van der Waals surface area (Å²) in [5, 5.41) is 7.77. The highest BCUT2D eigenvalue weighted by Gasteiger charge is 2.26. The largest absolute Gasteiger partial charge is 0.497 e. The third-order valence-corrected chi connectivity index (χ3v) is 6.16. The molecule has 1 aliphatic rings. The summed E-state index contributed by atoms with van der Waals surface area (Å²) >= 11 is 0. The molecule has 1 N–H and O–H groups in total. The van der Waals surface area contributed by atoms with Crippen LogP contribution in [0.15, 0.2) is 79.0 Å². The van der Waals surface area contributed by atoms with Crippen LogP contribution in [0.5, 0.6) is 11.5 Å². The lowest BCUT2D eigenvalue weighted by molar-refractivity contribution is -0.117. The van der Waals surface area contributed by atoms with Gasteiger partial charge in [-0.15, -0.1) is 0 Å². The lowest BCUT2D eigenvalue weighted by Gasteiger charge is -2.20. The molecule has 1 aliphatic heterocycles. The van der Waals surface area contributed by atoms with Gasteiger partial charge in [-0.25, -0.2) is 4.68 Å². The molecule has 1 saturated heterocycles. The Morgan fingerprint density at radius 1 is 0.972 bits per heavy atom. The van der Waals surface area contributed by atoms with Gasteiger partial charge in [0.2, 0.25) is 5.91 Å². The van der Waals surface area contributed by atoms with E-state index in [2.05, 4.69) is 5.32 Å². The predicted octanol–water partition coefficient (Wildman–Crippen LogP) is 4.94. The number of hydrogen-bond acceptors (Lipinski definition) is 5. The van der Waals surface area contributed by atoms with Crippen molar-refractivity contribution in [1.82, 2.24) is 9.78 Å². The van der Waals surface area contributed by atoms with E-state index >= 15 is 0 Å². The van der Waals surface area contributed by atoms with Gasteiger partial charge in [-0.05, 0) is 48.9 Å². The topological polar surface area (TPSA) is 85.7 Å². The summed E-state index contributed by atoms with van der Waals surface area (Å²) in [5.41, 5.74) is 3.48. The van der Waals surface area contributed by atoms with Gasteiger partial charge < -0.3 is 19.7 Å². The number of anilines is 2. The minimum atomic E-state index is -0.351. The van der Waals surface area contributed by atoms with Gasteiger partial charge in [0.15, 0.2) is 0 Å². The molecule has 182 valence electrons. The molecule has 3 aromatic carbocycles. The average molecular weight is 483 g/mol. The number of amides is 2. The maximum absolute atomic E-state index is 13.7. The number of benzene rings is 3. The zero-order valence-corrected chi connectivity index (χ0v) is 20.1. The Hall–Kier alpha value is -4.59. The van der Waals surface area contributed by atoms with E-state index in [4.69, 9.17) is 14.6 Å². The number of nitrogens with one attached hydrogen (secondary N) is 1. The summed E-state index contributed by atoms with van der Waals surface area (Å²) in [6.45, 7) is 0.629. The number of carbonyl (C=O) groups is 2. The monoisotopic (exact) mass is 482 g/mol. The SMILES string of the molecule is COc1ccc(OC)c(-c2nn(-c3ccccc3)cc2C(=O)Nc2ccccc2N2CCCC2=O)c1. The second-order valence-electron chi connectivity index (χ2n) is 8.36. The molecule has 2 heterocycles. The maximum Gasteiger partial charge on any atom is 0.259 e. The molecule has 0 unspecified atom stereocenters. The summed E-state index contributed by atoms with van der Waals surface area (Å²) in [6.07, 6.45) is 3.00. The first-order valence-corrected chi connectivity index (χ1v) is 11.7. The molecule has 0 spiro atoms. The van der Waals surface area contributed by atoms with Crippen LogP contribution in [0.25, 0.3) is 16.9 Å². The predicted molar refractivity (Wildman–Crippen MR) is 138 cm³/mol. The van der Waals surface area contributed by atoms with Crippen molar-refractivity contribution in [2.75, 3.05) is 31.0 Å². The van der Waals surface area contributed by atoms with Crippen molar-refractivity contribution >= 4 is 23.2 Å². The van der Waals surface area contributed by atoms with E-state index in [1.807, 2.05) is 48.5 Å². The second-order valence-corrected chi connectivity index (χ2v) is 8.36. The van der Waals surface area contributed by atoms with E-state index in [9.17, 15) is 9.59 Å². The normalized spacial score (nSPS) is 13.1. The van der Waals surface area contributed by atoms with Crippen LogP contribution < -0.4 is 19.7 Å². The zero-order valence-electron chi connectivity index (χ0n) is 20.1. The van der Waals surface area contributed by atoms with Crippen molar-refractivity contribution in [1.29, 1.82) is 0 Å². The van der Waals surface area contributed by atoms with E-state index in [1.54, 1.807) is 54.3 Å². The summed E-state index contributed by atoms with van der Waals surface area (Å²) in [7, 11) is 3.15. The molecule has 0 radical (unpaired) electrons. The molecule has 0 aliphatic carbocycles. The lowest BCUT2D eigenvalue weighted by atomic mass is 10.1. The molecular weight excluding hydrogens is 456 g/mol. The van der Waals surface area contributed by atoms with Crippen LogP contribution in [0.2, 0.25) is 0 Å². The van der Waals surface area contributed by atoms with Gasteiger partial charge in [0.05, 0.1) is 36.8 Å². The van der Waals surface area contributed by atoms with Crippen molar-refractivity contribution in [3.8, 4) is 28.4 Å². The summed E-state index contributed by atoms with van der Waals surface area (Å²) in [6, 6.07) is 22.3. The Bertz CT molecular complexity index is 1410. The molecule has 36 heavy (non-hydrogen) atoms. The third kappa shape index (κ3) is 4.40. The highest BCUT2D eigenvalue weighted by Crippen LogP contribution is 2.36. The Morgan fingerprint density at radius 2 is 1.75 bits per heavy atom. The number of nitrogens with zero attached hydrogens (tertiary/aromatic N) is 3. The fraction of sp³-hybridized carbons (Fsp3) is 0.179. The first kappa shape index (κ1) is 23.2. The molecule has 1 fully saturated rings. The molecular formula is C28H26N4O4. The molecule has 5 rings (SSSR count). The highest BCUT2D eigenvalue weighted by atomic mass is 16.5. The second kappa shape index (κ2) is 9.95. The van der Waals surface area contributed by atoms with Crippen molar-refractivity contribution in [3.63, 3.8) is 0 Å². The quantitative estimate of drug-likeness (QED) is 0.404. The Balaban J connectivity index is 1.59. The molecule has 0 bridgehead atoms. The van der Waals surface area contributed by atoms with Gasteiger partial charge in [0, 0.05) is 24.7 Å². The first-order valence-electron chi connectivity index (χ1n) is 11.7. The molecule has 0 saturated carbocycles. The van der Waals surface area contributed by atoms with E-state index < -0.39 is 0 Å². The van der Waals surface area contributed by atoms with E-state index in [1.165, 1.54) is 0 Å². The maximum atomic E-state index is 13.7. The molecule has 2 amide bonds. The van der Waals surface area contributed by atoms with Crippen LogP contribution >= 0.6 is 0 Å². The van der Waals surface area contributed by atoms with Crippen LogP contribution in [-0.2, 0) is 4.79 Å². The van der Waals surface area contributed by atoms with Gasteiger partial charge in [-0.2, -0.15) is 5.10 Å². The van der Waals surface area contributed by atoms with Crippen molar-refractivity contribution in [2.24, 2.45) is 0 Å². The Morgan fingerprint density at radius 3 is 2.47 bits per heavy atom. The van der Waals surface area contributed by atoms with Gasteiger partial charge in [0.25, 0.3) is 5.91 Å². The number of hydrogen-bond donors (Lipinski definition) is 1. The zero-order chi connectivity index (χ0) is 25.1. The minimum Gasteiger partial charge on any atom is -0.497 e. The molecule has 4 aromatic rings. The Labute approximate surface area is 209 Å². The van der Waals surface area contributed by atoms with Crippen molar-refractivity contribution < 1.29 is 19.1 Å². The van der Waals surface area contributed by atoms with Gasteiger partial charge >= 0.3 is 0 Å². The third-order valence-electron chi connectivity index (χ3n) is 6.16. The van der Waals surface area contributed by atoms with Gasteiger partial charge in [-0.3, -0.25) is 9.59 Å². The summed E-state index contributed by atoms with van der Waals surface area (Å²) < 4.78 is 12.7. The summed E-state index contributed by atoms with van der Waals surface area (Å²) in [4.78, 5) is 27.8. The van der Waals surface area contributed by atoms with Crippen LogP contribution in [0.3, 0.4) is 0 Å². The van der Waals surface area contributed by atoms with Crippen molar-refractivity contribution in [3.05, 3.63) is 84.6 Å². The fourth-order valence-electron chi connectivity index (χ4n) is 4.36. The number of ether oxygens (including phenoxy) is 2. The molecule has 1 aromatic heterocycles. The Kier molecular flexibility index (Phi) is 6.40. The number of para-hydroxylation sites is 3. The lowest BCUT2D eigenvalue weighted by Crippen LogP contribution is -2.25. The van der Waals surface area contributed by atoms with Crippen LogP contribution in [-0.4, -0.2) is 42.4 Å². The molecule has 8 nitrogen and oxygen atoms in total. The standard InChI is InChI=1S/C28H26N4O4/c1-35-20-14-15-25(36-2)21(17-20)27-22(18-32(30-27)19-9-4-3-5-10-19)28(34)29-23-11-6-7-12-24(23)31-16-8-13-26(31)33/h3-7,9-12,14-15,17-18H,8,13,16H2,1-2H3,(H,29,34). The highest BCUT2D eigenvalue weighted by molar-refractivity contribution is 6.11. The molecule has 8 heteroatoms. The van der Waals surface area contributed by atoms with E-state index in [-0.39, 0.29) is 11.8 Å². The minimum absolute atomic E-state index is 0.0513. The first-order chi connectivity index (χ1) is 17.6. The number of aromatic nitrogens is 2. The fourth-order valence-corrected chi connectivity index (χ4v) is 4.36. The van der Waals surface area contributed by atoms with E-state index in [0.717, 1.165) is 12.1 Å². The summed E-state index contributed by atoms with van der Waals surface area (Å²) in [5.74, 6) is 0.877. The smallest absolute Gasteiger partial charge is 0.259 e. The van der Waals surface area contributed by atoms with Gasteiger partial charge in [-0.1, -0.05) is 30.3 Å². The molecule has 0 atom stereocenters. The number of carbonyl (C=O) groups excluding carboxylic acids is 2. The van der Waals surface area contributed by atoms with Crippen LogP contribution in [0.4, 0.5) is 11.4 Å². The van der Waals surface area contributed by atoms with Crippen LogP contribution in [0, 0.1) is 0 Å². The average Bonchev–Trinajstić information content (AvgIpc) is 3.56. The number of rotatable bonds is 7.